The van der Waals surface area contributed by atoms with Crippen LogP contribution in [0.3, 0.4) is 0 Å². The molecule has 1 saturated heterocycles. The van der Waals surface area contributed by atoms with Crippen LogP contribution in [0.2, 0.25) is 0 Å². The van der Waals surface area contributed by atoms with Crippen LogP contribution < -0.4 is 0 Å². The van der Waals surface area contributed by atoms with Crippen molar-refractivity contribution < 1.29 is 4.74 Å². The summed E-state index contributed by atoms with van der Waals surface area (Å²) in [6.45, 7) is 0. The van der Waals surface area contributed by atoms with Crippen LogP contribution in [0.5, 0.6) is 0 Å². The Labute approximate surface area is 76.6 Å². The number of ether oxygens (including phenoxy) is 1. The second-order valence-corrected chi connectivity index (χ2v) is 4.38. The Morgan fingerprint density at radius 1 is 1.27 bits per heavy atom. The Morgan fingerprint density at radius 3 is 2.82 bits per heavy atom. The third-order valence-corrected chi connectivity index (χ3v) is 3.67. The predicted molar refractivity (Wildman–Crippen MR) is 49.0 cm³/mol. The fourth-order valence-corrected chi connectivity index (χ4v) is 2.78. The average molecular weight is 219 g/mol. The van der Waals surface area contributed by atoms with Gasteiger partial charge in [-0.25, -0.2) is 0 Å². The van der Waals surface area contributed by atoms with E-state index < -0.39 is 0 Å². The molecule has 0 N–H and O–H groups in total. The van der Waals surface area contributed by atoms with Gasteiger partial charge in [-0.15, -0.1) is 0 Å². The molecule has 2 aliphatic rings. The Bertz CT molecular complexity index is 124. The SMILES string of the molecule is BrCC1C[C@@H]2CCCC[C@H]2O1. The lowest BCUT2D eigenvalue weighted by Gasteiger charge is -2.23. The van der Waals surface area contributed by atoms with E-state index in [9.17, 15) is 0 Å². The molecule has 0 amide bonds. The lowest BCUT2D eigenvalue weighted by atomic mass is 9.86. The van der Waals surface area contributed by atoms with E-state index in [0.717, 1.165) is 11.2 Å². The molecule has 0 aromatic heterocycles. The van der Waals surface area contributed by atoms with Crippen LogP contribution in [0.25, 0.3) is 0 Å². The summed E-state index contributed by atoms with van der Waals surface area (Å²) in [4.78, 5) is 0. The van der Waals surface area contributed by atoms with Gasteiger partial charge >= 0.3 is 0 Å². The van der Waals surface area contributed by atoms with Crippen LogP contribution in [0.4, 0.5) is 0 Å². The van der Waals surface area contributed by atoms with Gasteiger partial charge in [-0.2, -0.15) is 0 Å². The lowest BCUT2D eigenvalue weighted by Crippen LogP contribution is -2.20. The molecule has 11 heavy (non-hydrogen) atoms. The summed E-state index contributed by atoms with van der Waals surface area (Å²) >= 11 is 3.48. The highest BCUT2D eigenvalue weighted by atomic mass is 79.9. The van der Waals surface area contributed by atoms with E-state index in [1.165, 1.54) is 32.1 Å². The van der Waals surface area contributed by atoms with Gasteiger partial charge in [0.25, 0.3) is 0 Å². The molecule has 0 bridgehead atoms. The van der Waals surface area contributed by atoms with E-state index in [4.69, 9.17) is 4.74 Å². The topological polar surface area (TPSA) is 9.23 Å². The molecule has 2 fully saturated rings. The zero-order valence-electron chi connectivity index (χ0n) is 6.76. The van der Waals surface area contributed by atoms with Crippen molar-refractivity contribution in [2.45, 2.75) is 44.3 Å². The minimum Gasteiger partial charge on any atom is -0.374 e. The third-order valence-electron chi connectivity index (χ3n) is 2.94. The highest BCUT2D eigenvalue weighted by Crippen LogP contribution is 2.37. The lowest BCUT2D eigenvalue weighted by molar-refractivity contribution is 0.0296. The van der Waals surface area contributed by atoms with Crippen molar-refractivity contribution in [1.82, 2.24) is 0 Å². The monoisotopic (exact) mass is 218 g/mol. The molecule has 2 rings (SSSR count). The van der Waals surface area contributed by atoms with Crippen molar-refractivity contribution in [3.63, 3.8) is 0 Å². The summed E-state index contributed by atoms with van der Waals surface area (Å²) in [6, 6.07) is 0. The van der Waals surface area contributed by atoms with Crippen LogP contribution in [0, 0.1) is 5.92 Å². The molecule has 0 aromatic rings. The standard InChI is InChI=1S/C9H15BrO/c10-6-8-5-7-3-1-2-4-9(7)11-8/h7-9H,1-6H2/t7-,8?,9+/m0/s1. The molecule has 1 aliphatic carbocycles. The molecule has 0 radical (unpaired) electrons. The minimum absolute atomic E-state index is 0.517. The third kappa shape index (κ3) is 1.62. The van der Waals surface area contributed by atoms with Crippen molar-refractivity contribution in [3.8, 4) is 0 Å². The molecule has 64 valence electrons. The number of hydrogen-bond acceptors (Lipinski definition) is 1. The summed E-state index contributed by atoms with van der Waals surface area (Å²) in [6.07, 6.45) is 7.97. The first-order valence-corrected chi connectivity index (χ1v) is 5.73. The molecule has 1 nitrogen and oxygen atoms in total. The molecule has 1 aliphatic heterocycles. The molecule has 1 heterocycles. The van der Waals surface area contributed by atoms with Gasteiger partial charge in [0, 0.05) is 5.33 Å². The van der Waals surface area contributed by atoms with E-state index in [0.29, 0.717) is 12.2 Å². The summed E-state index contributed by atoms with van der Waals surface area (Å²) in [5.74, 6) is 0.895. The molecule has 3 atom stereocenters. The fourth-order valence-electron chi connectivity index (χ4n) is 2.36. The maximum Gasteiger partial charge on any atom is 0.0679 e. The average Bonchev–Trinajstić information content (AvgIpc) is 2.46. The number of fused-ring (bicyclic) bond motifs is 1. The van der Waals surface area contributed by atoms with Gasteiger partial charge in [-0.05, 0) is 25.2 Å². The van der Waals surface area contributed by atoms with Gasteiger partial charge in [0.15, 0.2) is 0 Å². The van der Waals surface area contributed by atoms with Crippen molar-refractivity contribution >= 4 is 15.9 Å². The van der Waals surface area contributed by atoms with Crippen LogP contribution in [-0.2, 0) is 4.74 Å². The molecular weight excluding hydrogens is 204 g/mol. The first-order valence-electron chi connectivity index (χ1n) is 4.61. The molecule has 1 saturated carbocycles. The summed E-state index contributed by atoms with van der Waals surface area (Å²) in [5.41, 5.74) is 0. The maximum atomic E-state index is 5.87. The predicted octanol–water partition coefficient (Wildman–Crippen LogP) is 2.73. The molecule has 0 aromatic carbocycles. The smallest absolute Gasteiger partial charge is 0.0679 e. The highest BCUT2D eigenvalue weighted by molar-refractivity contribution is 9.09. The zero-order chi connectivity index (χ0) is 7.68. The van der Waals surface area contributed by atoms with E-state index in [1.807, 2.05) is 0 Å². The highest BCUT2D eigenvalue weighted by Gasteiger charge is 2.35. The molecule has 0 spiro atoms. The van der Waals surface area contributed by atoms with Crippen LogP contribution in [0.1, 0.15) is 32.1 Å². The van der Waals surface area contributed by atoms with Crippen molar-refractivity contribution in [2.75, 3.05) is 5.33 Å². The van der Waals surface area contributed by atoms with Crippen molar-refractivity contribution in [3.05, 3.63) is 0 Å². The van der Waals surface area contributed by atoms with Crippen molar-refractivity contribution in [2.24, 2.45) is 5.92 Å². The van der Waals surface area contributed by atoms with Gasteiger partial charge in [0.2, 0.25) is 0 Å². The number of alkyl halides is 1. The normalized spacial score (nSPS) is 43.9. The first kappa shape index (κ1) is 8.06. The van der Waals surface area contributed by atoms with Crippen LogP contribution >= 0.6 is 15.9 Å². The summed E-state index contributed by atoms with van der Waals surface area (Å²) < 4.78 is 5.87. The number of rotatable bonds is 1. The van der Waals surface area contributed by atoms with E-state index >= 15 is 0 Å². The van der Waals surface area contributed by atoms with Gasteiger partial charge in [-0.1, -0.05) is 28.8 Å². The quantitative estimate of drug-likeness (QED) is 0.616. The van der Waals surface area contributed by atoms with Gasteiger partial charge in [-0.3, -0.25) is 0 Å². The zero-order valence-corrected chi connectivity index (χ0v) is 8.35. The minimum atomic E-state index is 0.517. The fraction of sp³-hybridized carbons (Fsp3) is 1.00. The number of halogens is 1. The summed E-state index contributed by atoms with van der Waals surface area (Å²) in [7, 11) is 0. The molecule has 1 unspecified atom stereocenters. The Balaban J connectivity index is 1.92. The Hall–Kier alpha value is 0.440. The van der Waals surface area contributed by atoms with Crippen molar-refractivity contribution in [1.29, 1.82) is 0 Å². The summed E-state index contributed by atoms with van der Waals surface area (Å²) in [5, 5.41) is 1.03. The molecule has 2 heteroatoms. The Morgan fingerprint density at radius 2 is 2.09 bits per heavy atom. The van der Waals surface area contributed by atoms with Gasteiger partial charge in [0.1, 0.15) is 0 Å². The van der Waals surface area contributed by atoms with E-state index in [1.54, 1.807) is 0 Å². The maximum absolute atomic E-state index is 5.87. The van der Waals surface area contributed by atoms with Gasteiger partial charge in [0.05, 0.1) is 12.2 Å². The molecular formula is C9H15BrO. The number of hydrogen-bond donors (Lipinski definition) is 0. The second kappa shape index (κ2) is 3.44. The van der Waals surface area contributed by atoms with Crippen LogP contribution in [0.15, 0.2) is 0 Å². The van der Waals surface area contributed by atoms with E-state index in [2.05, 4.69) is 15.9 Å². The Kier molecular flexibility index (Phi) is 2.52. The van der Waals surface area contributed by atoms with E-state index in [-0.39, 0.29) is 0 Å². The second-order valence-electron chi connectivity index (χ2n) is 3.73. The van der Waals surface area contributed by atoms with Crippen LogP contribution in [-0.4, -0.2) is 17.5 Å². The first-order chi connectivity index (χ1) is 5.40. The van der Waals surface area contributed by atoms with Gasteiger partial charge < -0.3 is 4.74 Å². The largest absolute Gasteiger partial charge is 0.374 e.